The molecule has 0 radical (unpaired) electrons. The maximum atomic E-state index is 6.40. The standard InChI is InChI=1S/C23H18Cl2N2O.ClH/c24-19-9-5-17(6-10-19)15-28-23(18-7-11-20(25)12-8-18)21-3-1-2-4-22(21)27-14-13-26-16-27;/h1-14,16,23H,15H2;1H. The highest BCUT2D eigenvalue weighted by molar-refractivity contribution is 6.30. The molecule has 0 aliphatic carbocycles. The van der Waals surface area contributed by atoms with Crippen LogP contribution in [0.4, 0.5) is 0 Å². The molecular formula is C23H19Cl3N2O. The van der Waals surface area contributed by atoms with Gasteiger partial charge in [0.15, 0.2) is 0 Å². The Morgan fingerprint density at radius 2 is 1.52 bits per heavy atom. The van der Waals surface area contributed by atoms with E-state index in [1.165, 1.54) is 0 Å². The fourth-order valence-corrected chi connectivity index (χ4v) is 3.36. The van der Waals surface area contributed by atoms with Gasteiger partial charge in [0.1, 0.15) is 6.10 Å². The van der Waals surface area contributed by atoms with Gasteiger partial charge in [-0.1, -0.05) is 65.7 Å². The highest BCUT2D eigenvalue weighted by Crippen LogP contribution is 2.32. The maximum Gasteiger partial charge on any atom is 0.110 e. The lowest BCUT2D eigenvalue weighted by molar-refractivity contribution is 0.0667. The molecule has 0 bridgehead atoms. The van der Waals surface area contributed by atoms with Crippen molar-refractivity contribution in [3.8, 4) is 5.69 Å². The molecule has 0 saturated carbocycles. The van der Waals surface area contributed by atoms with Gasteiger partial charge < -0.3 is 9.30 Å². The van der Waals surface area contributed by atoms with Gasteiger partial charge >= 0.3 is 0 Å². The van der Waals surface area contributed by atoms with Crippen LogP contribution in [0.1, 0.15) is 22.8 Å². The third-order valence-electron chi connectivity index (χ3n) is 4.50. The lowest BCUT2D eigenvalue weighted by Gasteiger charge is -2.22. The quantitative estimate of drug-likeness (QED) is 0.322. The smallest absolute Gasteiger partial charge is 0.110 e. The summed E-state index contributed by atoms with van der Waals surface area (Å²) in [5.41, 5.74) is 4.17. The maximum absolute atomic E-state index is 6.40. The van der Waals surface area contributed by atoms with Gasteiger partial charge in [-0.05, 0) is 41.5 Å². The van der Waals surface area contributed by atoms with Crippen LogP contribution in [0.5, 0.6) is 0 Å². The third kappa shape index (κ3) is 5.20. The minimum Gasteiger partial charge on any atom is -0.364 e. The fourth-order valence-electron chi connectivity index (χ4n) is 3.11. The van der Waals surface area contributed by atoms with Crippen molar-refractivity contribution < 1.29 is 4.74 Å². The molecule has 1 heterocycles. The highest BCUT2D eigenvalue weighted by Gasteiger charge is 2.19. The summed E-state index contributed by atoms with van der Waals surface area (Å²) >= 11 is 12.1. The van der Waals surface area contributed by atoms with E-state index < -0.39 is 0 Å². The Hall–Kier alpha value is -2.30. The SMILES string of the molecule is Cl.Clc1ccc(COC(c2ccc(Cl)cc2)c2ccccc2-n2ccnc2)cc1. The molecule has 6 heteroatoms. The van der Waals surface area contributed by atoms with Crippen LogP contribution >= 0.6 is 35.6 Å². The first-order valence-electron chi connectivity index (χ1n) is 8.89. The first-order valence-corrected chi connectivity index (χ1v) is 9.65. The number of imidazole rings is 1. The molecule has 0 saturated heterocycles. The fraction of sp³-hybridized carbons (Fsp3) is 0.0870. The summed E-state index contributed by atoms with van der Waals surface area (Å²) < 4.78 is 8.39. The van der Waals surface area contributed by atoms with Crippen LogP contribution < -0.4 is 0 Å². The lowest BCUT2D eigenvalue weighted by Crippen LogP contribution is -2.10. The lowest BCUT2D eigenvalue weighted by atomic mass is 9.99. The van der Waals surface area contributed by atoms with Crippen LogP contribution in [0.2, 0.25) is 10.0 Å². The number of benzene rings is 3. The molecule has 1 aromatic heterocycles. The van der Waals surface area contributed by atoms with Crippen molar-refractivity contribution in [2.45, 2.75) is 12.7 Å². The zero-order chi connectivity index (χ0) is 19.3. The molecule has 0 amide bonds. The van der Waals surface area contributed by atoms with Crippen molar-refractivity contribution in [2.75, 3.05) is 0 Å². The number of nitrogens with zero attached hydrogens (tertiary/aromatic N) is 2. The molecule has 4 rings (SSSR count). The van der Waals surface area contributed by atoms with E-state index in [0.717, 1.165) is 22.4 Å². The Bertz CT molecular complexity index is 1030. The molecule has 1 atom stereocenters. The van der Waals surface area contributed by atoms with Gasteiger partial charge in [0.05, 0.1) is 18.6 Å². The zero-order valence-electron chi connectivity index (χ0n) is 15.4. The summed E-state index contributed by atoms with van der Waals surface area (Å²) in [5.74, 6) is 0. The summed E-state index contributed by atoms with van der Waals surface area (Å²) in [4.78, 5) is 4.18. The van der Waals surface area contributed by atoms with Crippen LogP contribution in [0.3, 0.4) is 0 Å². The second-order valence-electron chi connectivity index (χ2n) is 6.40. The van der Waals surface area contributed by atoms with Crippen molar-refractivity contribution in [3.05, 3.63) is 118 Å². The summed E-state index contributed by atoms with van der Waals surface area (Å²) in [6.45, 7) is 0.461. The van der Waals surface area contributed by atoms with Crippen molar-refractivity contribution in [1.29, 1.82) is 0 Å². The predicted octanol–water partition coefficient (Wildman–Crippen LogP) is 6.91. The van der Waals surface area contributed by atoms with E-state index in [1.807, 2.05) is 71.4 Å². The minimum absolute atomic E-state index is 0. The average molecular weight is 446 g/mol. The minimum atomic E-state index is -0.258. The Labute approximate surface area is 186 Å². The van der Waals surface area contributed by atoms with Gasteiger partial charge in [0.2, 0.25) is 0 Å². The molecule has 0 aliphatic rings. The molecule has 0 N–H and O–H groups in total. The number of aromatic nitrogens is 2. The number of rotatable bonds is 6. The zero-order valence-corrected chi connectivity index (χ0v) is 17.7. The van der Waals surface area contributed by atoms with Crippen molar-refractivity contribution in [2.24, 2.45) is 0 Å². The molecular weight excluding hydrogens is 427 g/mol. The van der Waals surface area contributed by atoms with E-state index >= 15 is 0 Å². The molecule has 3 aromatic carbocycles. The van der Waals surface area contributed by atoms with E-state index in [-0.39, 0.29) is 18.5 Å². The largest absolute Gasteiger partial charge is 0.364 e. The molecule has 0 fully saturated rings. The predicted molar refractivity (Wildman–Crippen MR) is 120 cm³/mol. The summed E-state index contributed by atoms with van der Waals surface area (Å²) in [7, 11) is 0. The Kier molecular flexibility index (Phi) is 7.34. The van der Waals surface area contributed by atoms with E-state index in [0.29, 0.717) is 16.7 Å². The van der Waals surface area contributed by atoms with Crippen molar-refractivity contribution in [3.63, 3.8) is 0 Å². The normalized spacial score (nSPS) is 11.7. The van der Waals surface area contributed by atoms with E-state index in [1.54, 1.807) is 12.5 Å². The first kappa shape index (κ1) is 21.4. The summed E-state index contributed by atoms with van der Waals surface area (Å²) in [6, 6.07) is 23.6. The number of hydrogen-bond acceptors (Lipinski definition) is 2. The molecule has 4 aromatic rings. The molecule has 3 nitrogen and oxygen atoms in total. The second-order valence-corrected chi connectivity index (χ2v) is 7.27. The van der Waals surface area contributed by atoms with Crippen LogP contribution in [0.15, 0.2) is 91.5 Å². The number of hydrogen-bond donors (Lipinski definition) is 0. The average Bonchev–Trinajstić information content (AvgIpc) is 3.26. The Balaban J connectivity index is 0.00000240. The van der Waals surface area contributed by atoms with Crippen molar-refractivity contribution in [1.82, 2.24) is 9.55 Å². The van der Waals surface area contributed by atoms with Crippen LogP contribution in [0, 0.1) is 0 Å². The highest BCUT2D eigenvalue weighted by atomic mass is 35.5. The van der Waals surface area contributed by atoms with Crippen molar-refractivity contribution >= 4 is 35.6 Å². The van der Waals surface area contributed by atoms with Gasteiger partial charge in [0.25, 0.3) is 0 Å². The Morgan fingerprint density at radius 1 is 0.862 bits per heavy atom. The van der Waals surface area contributed by atoms with E-state index in [2.05, 4.69) is 17.1 Å². The van der Waals surface area contributed by atoms with Crippen LogP contribution in [-0.4, -0.2) is 9.55 Å². The Morgan fingerprint density at radius 3 is 2.17 bits per heavy atom. The van der Waals surface area contributed by atoms with Gasteiger partial charge in [-0.3, -0.25) is 0 Å². The van der Waals surface area contributed by atoms with Gasteiger partial charge in [-0.25, -0.2) is 4.98 Å². The topological polar surface area (TPSA) is 27.1 Å². The summed E-state index contributed by atoms with van der Waals surface area (Å²) in [6.07, 6.45) is 5.22. The van der Waals surface area contributed by atoms with Crippen LogP contribution in [-0.2, 0) is 11.3 Å². The molecule has 0 aliphatic heterocycles. The number of ether oxygens (including phenoxy) is 1. The molecule has 1 unspecified atom stereocenters. The number of para-hydroxylation sites is 1. The number of halogens is 3. The van der Waals surface area contributed by atoms with Gasteiger partial charge in [0, 0.05) is 28.0 Å². The van der Waals surface area contributed by atoms with Gasteiger partial charge in [-0.2, -0.15) is 0 Å². The second kappa shape index (κ2) is 9.95. The summed E-state index contributed by atoms with van der Waals surface area (Å²) in [5, 5.41) is 1.41. The van der Waals surface area contributed by atoms with Gasteiger partial charge in [-0.15, -0.1) is 12.4 Å². The van der Waals surface area contributed by atoms with Crippen LogP contribution in [0.25, 0.3) is 5.69 Å². The molecule has 29 heavy (non-hydrogen) atoms. The third-order valence-corrected chi connectivity index (χ3v) is 5.01. The molecule has 0 spiro atoms. The molecule has 148 valence electrons. The van der Waals surface area contributed by atoms with E-state index in [4.69, 9.17) is 27.9 Å². The first-order chi connectivity index (χ1) is 13.7. The van der Waals surface area contributed by atoms with E-state index in [9.17, 15) is 0 Å². The monoisotopic (exact) mass is 444 g/mol.